The van der Waals surface area contributed by atoms with E-state index in [4.69, 9.17) is 25.5 Å². The van der Waals surface area contributed by atoms with Crippen molar-refractivity contribution in [2.24, 2.45) is 5.92 Å². The Morgan fingerprint density at radius 1 is 1.09 bits per heavy atom. The summed E-state index contributed by atoms with van der Waals surface area (Å²) in [7, 11) is 5.25. The fourth-order valence-corrected chi connectivity index (χ4v) is 5.19. The molecule has 1 aliphatic rings. The van der Waals surface area contributed by atoms with Crippen molar-refractivity contribution in [2.45, 2.75) is 31.8 Å². The summed E-state index contributed by atoms with van der Waals surface area (Å²) in [6.07, 6.45) is 4.21. The molecule has 1 aliphatic heterocycles. The standard InChI is InChI=1S/C28H33ClN2O4/c1-30(28(32)27-9-6-16-35-27)25(18-21-7-4-5-8-24(21)29)20-12-14-31(15-13-20)19-22-17-23(33-2)10-11-26(22)34-3/h4-11,16-17,20,25H,12-15,18-19H2,1-3H3. The van der Waals surface area contributed by atoms with Crippen molar-refractivity contribution in [2.75, 3.05) is 34.4 Å². The van der Waals surface area contributed by atoms with E-state index in [1.165, 1.54) is 6.26 Å². The summed E-state index contributed by atoms with van der Waals surface area (Å²) >= 11 is 6.51. The number of likely N-dealkylation sites (N-methyl/N-ethyl adjacent to an activating group) is 1. The third-order valence-corrected chi connectivity index (χ3v) is 7.36. The molecule has 186 valence electrons. The van der Waals surface area contributed by atoms with Crippen LogP contribution in [0.5, 0.6) is 11.5 Å². The predicted molar refractivity (Wildman–Crippen MR) is 137 cm³/mol. The second-order valence-electron chi connectivity index (χ2n) is 9.05. The van der Waals surface area contributed by atoms with Crippen molar-refractivity contribution in [1.29, 1.82) is 0 Å². The second-order valence-corrected chi connectivity index (χ2v) is 9.45. The Kier molecular flexibility index (Phi) is 8.37. The van der Waals surface area contributed by atoms with Crippen LogP contribution in [0.25, 0.3) is 0 Å². The molecule has 0 spiro atoms. The van der Waals surface area contributed by atoms with Gasteiger partial charge in [-0.1, -0.05) is 29.8 Å². The Morgan fingerprint density at radius 3 is 2.51 bits per heavy atom. The van der Waals surface area contributed by atoms with Crippen LogP contribution in [0.3, 0.4) is 0 Å². The van der Waals surface area contributed by atoms with Crippen molar-refractivity contribution in [1.82, 2.24) is 9.80 Å². The Labute approximate surface area is 212 Å². The highest BCUT2D eigenvalue weighted by atomic mass is 35.5. The maximum atomic E-state index is 13.2. The molecule has 2 aromatic carbocycles. The minimum absolute atomic E-state index is 0.0148. The molecule has 1 aromatic heterocycles. The normalized spacial score (nSPS) is 15.5. The van der Waals surface area contributed by atoms with Crippen molar-refractivity contribution < 1.29 is 18.7 Å². The number of rotatable bonds is 9. The van der Waals surface area contributed by atoms with Gasteiger partial charge in [0.05, 0.1) is 20.5 Å². The summed E-state index contributed by atoms with van der Waals surface area (Å²) in [4.78, 5) is 17.4. The summed E-state index contributed by atoms with van der Waals surface area (Å²) in [5, 5.41) is 0.735. The minimum Gasteiger partial charge on any atom is -0.497 e. The van der Waals surface area contributed by atoms with Crippen LogP contribution in [0.2, 0.25) is 5.02 Å². The monoisotopic (exact) mass is 496 g/mol. The lowest BCUT2D eigenvalue weighted by Crippen LogP contribution is -2.47. The lowest BCUT2D eigenvalue weighted by Gasteiger charge is -2.40. The number of carbonyl (C=O) groups is 1. The first-order valence-electron chi connectivity index (χ1n) is 12.0. The van der Waals surface area contributed by atoms with Gasteiger partial charge in [-0.05, 0) is 80.2 Å². The van der Waals surface area contributed by atoms with Crippen LogP contribution >= 0.6 is 11.6 Å². The number of amides is 1. The highest BCUT2D eigenvalue weighted by molar-refractivity contribution is 6.31. The number of hydrogen-bond donors (Lipinski definition) is 0. The second kappa shape index (κ2) is 11.6. The fourth-order valence-electron chi connectivity index (χ4n) is 4.98. The van der Waals surface area contributed by atoms with Gasteiger partial charge in [-0.2, -0.15) is 0 Å². The molecule has 0 N–H and O–H groups in total. The number of methoxy groups -OCH3 is 2. The Bertz CT molecular complexity index is 1110. The molecular formula is C28H33ClN2O4. The van der Waals surface area contributed by atoms with E-state index in [0.717, 1.165) is 60.1 Å². The maximum Gasteiger partial charge on any atom is 0.289 e. The average molecular weight is 497 g/mol. The van der Waals surface area contributed by atoms with E-state index in [-0.39, 0.29) is 11.9 Å². The molecule has 1 fully saturated rings. The Balaban J connectivity index is 1.48. The van der Waals surface area contributed by atoms with Crippen LogP contribution in [0.4, 0.5) is 0 Å². The largest absolute Gasteiger partial charge is 0.497 e. The number of hydrogen-bond acceptors (Lipinski definition) is 5. The lowest BCUT2D eigenvalue weighted by atomic mass is 9.84. The molecule has 0 saturated carbocycles. The van der Waals surface area contributed by atoms with Gasteiger partial charge < -0.3 is 18.8 Å². The molecule has 2 heterocycles. The summed E-state index contributed by atoms with van der Waals surface area (Å²) < 4.78 is 16.4. The van der Waals surface area contributed by atoms with E-state index >= 15 is 0 Å². The first-order valence-corrected chi connectivity index (χ1v) is 12.3. The number of ether oxygens (including phenoxy) is 2. The van der Waals surface area contributed by atoms with E-state index < -0.39 is 0 Å². The number of piperidine rings is 1. The molecule has 1 saturated heterocycles. The van der Waals surface area contributed by atoms with Gasteiger partial charge in [-0.3, -0.25) is 9.69 Å². The smallest absolute Gasteiger partial charge is 0.289 e. The zero-order valence-corrected chi connectivity index (χ0v) is 21.3. The van der Waals surface area contributed by atoms with Gasteiger partial charge in [-0.15, -0.1) is 0 Å². The van der Waals surface area contributed by atoms with Crippen LogP contribution in [0, 0.1) is 5.92 Å². The lowest BCUT2D eigenvalue weighted by molar-refractivity contribution is 0.0555. The van der Waals surface area contributed by atoms with E-state index in [1.54, 1.807) is 26.4 Å². The van der Waals surface area contributed by atoms with Crippen LogP contribution in [0.1, 0.15) is 34.5 Å². The van der Waals surface area contributed by atoms with Crippen LogP contribution < -0.4 is 9.47 Å². The van der Waals surface area contributed by atoms with Gasteiger partial charge in [0.25, 0.3) is 5.91 Å². The molecular weight excluding hydrogens is 464 g/mol. The van der Waals surface area contributed by atoms with Crippen molar-refractivity contribution in [3.8, 4) is 11.5 Å². The summed E-state index contributed by atoms with van der Waals surface area (Å²) in [5.41, 5.74) is 2.17. The maximum absolute atomic E-state index is 13.2. The summed E-state index contributed by atoms with van der Waals surface area (Å²) in [6, 6.07) is 17.3. The van der Waals surface area contributed by atoms with Gasteiger partial charge in [0, 0.05) is 30.2 Å². The third-order valence-electron chi connectivity index (χ3n) is 6.99. The first kappa shape index (κ1) is 25.1. The SMILES string of the molecule is COc1ccc(OC)c(CN2CCC(C(Cc3ccccc3Cl)N(C)C(=O)c3ccco3)CC2)c1. The molecule has 0 aliphatic carbocycles. The predicted octanol–water partition coefficient (Wildman–Crippen LogP) is 5.55. The van der Waals surface area contributed by atoms with Gasteiger partial charge in [-0.25, -0.2) is 0 Å². The van der Waals surface area contributed by atoms with Gasteiger partial charge in [0.1, 0.15) is 11.5 Å². The van der Waals surface area contributed by atoms with Gasteiger partial charge in [0.15, 0.2) is 5.76 Å². The number of nitrogens with zero attached hydrogens (tertiary/aromatic N) is 2. The molecule has 4 rings (SSSR count). The van der Waals surface area contributed by atoms with Crippen LogP contribution in [-0.2, 0) is 13.0 Å². The fraction of sp³-hybridized carbons (Fsp3) is 0.393. The molecule has 1 amide bonds. The van der Waals surface area contributed by atoms with E-state index in [9.17, 15) is 4.79 Å². The number of benzene rings is 2. The molecule has 35 heavy (non-hydrogen) atoms. The van der Waals surface area contributed by atoms with Crippen molar-refractivity contribution >= 4 is 17.5 Å². The number of halogens is 1. The van der Waals surface area contributed by atoms with E-state index in [1.807, 2.05) is 54.4 Å². The molecule has 1 unspecified atom stereocenters. The molecule has 7 heteroatoms. The van der Waals surface area contributed by atoms with Crippen LogP contribution in [0.15, 0.2) is 65.3 Å². The average Bonchev–Trinajstić information content (AvgIpc) is 3.43. The van der Waals surface area contributed by atoms with Gasteiger partial charge in [0.2, 0.25) is 0 Å². The number of likely N-dealkylation sites (tertiary alicyclic amines) is 1. The number of furan rings is 1. The molecule has 1 atom stereocenters. The van der Waals surface area contributed by atoms with Crippen LogP contribution in [-0.4, -0.2) is 56.1 Å². The van der Waals surface area contributed by atoms with Crippen molar-refractivity contribution in [3.63, 3.8) is 0 Å². The van der Waals surface area contributed by atoms with Crippen molar-refractivity contribution in [3.05, 3.63) is 82.8 Å². The Morgan fingerprint density at radius 2 is 1.86 bits per heavy atom. The van der Waals surface area contributed by atoms with E-state index in [2.05, 4.69) is 4.90 Å². The molecule has 3 aromatic rings. The quantitative estimate of drug-likeness (QED) is 0.389. The molecule has 0 radical (unpaired) electrons. The zero-order valence-electron chi connectivity index (χ0n) is 20.6. The topological polar surface area (TPSA) is 55.2 Å². The summed E-state index contributed by atoms with van der Waals surface area (Å²) in [5.74, 6) is 2.30. The highest BCUT2D eigenvalue weighted by Gasteiger charge is 2.33. The number of carbonyl (C=O) groups excluding carboxylic acids is 1. The minimum atomic E-state index is -0.101. The first-order chi connectivity index (χ1) is 17.0. The third kappa shape index (κ3) is 6.00. The van der Waals surface area contributed by atoms with Gasteiger partial charge >= 0.3 is 0 Å². The van der Waals surface area contributed by atoms with E-state index in [0.29, 0.717) is 18.1 Å². The molecule has 6 nitrogen and oxygen atoms in total. The zero-order chi connectivity index (χ0) is 24.8. The Hall–Kier alpha value is -2.96. The summed E-state index contributed by atoms with van der Waals surface area (Å²) in [6.45, 7) is 2.67. The molecule has 0 bridgehead atoms. The highest BCUT2D eigenvalue weighted by Crippen LogP contribution is 2.31.